The fraction of sp³-hybridized carbons (Fsp3) is 0.857. The summed E-state index contributed by atoms with van der Waals surface area (Å²) in [5.74, 6) is 3.24. The van der Waals surface area contributed by atoms with E-state index in [0.717, 1.165) is 63.6 Å². The third-order valence-corrected chi connectivity index (χ3v) is 9.80. The summed E-state index contributed by atoms with van der Waals surface area (Å²) in [6.45, 7) is 8.91. The summed E-state index contributed by atoms with van der Waals surface area (Å²) in [7, 11) is -3.99. The third kappa shape index (κ3) is 10.7. The van der Waals surface area contributed by atoms with Gasteiger partial charge in [0.25, 0.3) is 0 Å². The first kappa shape index (κ1) is 31.4. The fourth-order valence-corrected chi connectivity index (χ4v) is 7.01. The number of nitrogen functional groups attached to an aromatic ring is 1. The predicted molar refractivity (Wildman–Crippen MR) is 163 cm³/mol. The van der Waals surface area contributed by atoms with Gasteiger partial charge >= 0.3 is 7.60 Å². The summed E-state index contributed by atoms with van der Waals surface area (Å²) in [6.07, 6.45) is 13.0. The molecule has 1 saturated heterocycles. The van der Waals surface area contributed by atoms with Gasteiger partial charge in [0.15, 0.2) is 0 Å². The molecule has 0 amide bonds. The summed E-state index contributed by atoms with van der Waals surface area (Å²) in [5.41, 5.74) is 6.14. The summed E-state index contributed by atoms with van der Waals surface area (Å²) in [5, 5.41) is 10.9. The minimum Gasteiger partial charge on any atom is -0.383 e. The van der Waals surface area contributed by atoms with Crippen molar-refractivity contribution in [3.8, 4) is 0 Å². The molecule has 3 aliphatic rings. The maximum Gasteiger partial charge on any atom is 0.326 e. The zero-order chi connectivity index (χ0) is 28.4. The lowest BCUT2D eigenvalue weighted by Gasteiger charge is -2.40. The Balaban J connectivity index is 1.11. The number of nitrogens with two attached hydrogens (primary N) is 1. The Hall–Kier alpha value is -1.49. The third-order valence-electron chi connectivity index (χ3n) is 9.02. The molecule has 2 saturated carbocycles. The van der Waals surface area contributed by atoms with Crippen LogP contribution in [0.15, 0.2) is 6.07 Å². The molecule has 11 nitrogen and oxygen atoms in total. The largest absolute Gasteiger partial charge is 0.383 e. The summed E-state index contributed by atoms with van der Waals surface area (Å²) in [4.78, 5) is 31.9. The van der Waals surface area contributed by atoms with Gasteiger partial charge < -0.3 is 36.4 Å². The van der Waals surface area contributed by atoms with Crippen molar-refractivity contribution in [2.75, 3.05) is 74.5 Å². The predicted octanol–water partition coefficient (Wildman–Crippen LogP) is 2.87. The highest BCUT2D eigenvalue weighted by Gasteiger charge is 2.27. The quantitative estimate of drug-likeness (QED) is 0.142. The molecule has 1 aliphatic heterocycles. The molecule has 0 aromatic carbocycles. The van der Waals surface area contributed by atoms with Gasteiger partial charge in [-0.2, -0.15) is 9.97 Å². The van der Waals surface area contributed by atoms with Crippen LogP contribution in [0.4, 0.5) is 17.6 Å². The van der Waals surface area contributed by atoms with Gasteiger partial charge in [0.2, 0.25) is 5.95 Å². The maximum absolute atomic E-state index is 11.3. The zero-order valence-electron chi connectivity index (χ0n) is 24.4. The molecule has 228 valence electrons. The van der Waals surface area contributed by atoms with Crippen molar-refractivity contribution in [3.63, 3.8) is 0 Å². The number of anilines is 3. The Morgan fingerprint density at radius 2 is 1.73 bits per heavy atom. The molecule has 0 spiro atoms. The van der Waals surface area contributed by atoms with Gasteiger partial charge in [0.05, 0.1) is 6.16 Å². The second-order valence-electron chi connectivity index (χ2n) is 12.3. The molecule has 7 N–H and O–H groups in total. The molecule has 0 radical (unpaired) electrons. The fourth-order valence-electron chi connectivity index (χ4n) is 6.50. The van der Waals surface area contributed by atoms with E-state index < -0.39 is 7.60 Å². The van der Waals surface area contributed by atoms with Crippen LogP contribution >= 0.6 is 7.60 Å². The Labute approximate surface area is 240 Å². The Bertz CT molecular complexity index is 936. The van der Waals surface area contributed by atoms with E-state index >= 15 is 0 Å². The van der Waals surface area contributed by atoms with E-state index in [2.05, 4.69) is 37.7 Å². The topological polar surface area (TPSA) is 152 Å². The highest BCUT2D eigenvalue weighted by molar-refractivity contribution is 7.51. The molecule has 2 heterocycles. The molecular formula is C28H53N8O3P. The number of hydrogen-bond acceptors (Lipinski definition) is 9. The van der Waals surface area contributed by atoms with Gasteiger partial charge in [-0.25, -0.2) is 0 Å². The van der Waals surface area contributed by atoms with Crippen LogP contribution in [0.1, 0.15) is 71.1 Å². The Kier molecular flexibility index (Phi) is 12.3. The van der Waals surface area contributed by atoms with Crippen LogP contribution in [-0.4, -0.2) is 95.3 Å². The van der Waals surface area contributed by atoms with Crippen molar-refractivity contribution in [2.24, 2.45) is 11.8 Å². The van der Waals surface area contributed by atoms with Crippen molar-refractivity contribution < 1.29 is 14.4 Å². The van der Waals surface area contributed by atoms with Crippen LogP contribution in [0.2, 0.25) is 0 Å². The van der Waals surface area contributed by atoms with Crippen LogP contribution in [0.5, 0.6) is 0 Å². The van der Waals surface area contributed by atoms with E-state index in [1.807, 2.05) is 6.07 Å². The second kappa shape index (κ2) is 15.7. The maximum atomic E-state index is 11.3. The van der Waals surface area contributed by atoms with Crippen LogP contribution in [0.25, 0.3) is 0 Å². The number of rotatable bonds is 14. The van der Waals surface area contributed by atoms with Gasteiger partial charge in [-0.1, -0.05) is 19.3 Å². The molecule has 1 aromatic rings. The number of piperazine rings is 1. The standard InChI is InChI=1S/C28H53N8O3P/c1-22-21-36(15-14-35(22)16-17-40(37,38)39)27-18-26(29)33-28(34-27)32-20-24-10-8-23(9-11-24)19-30-12-5-13-31-25-6-3-2-4-7-25/h18,22-25,30-31H,2-17,19-21H2,1H3,(H2,37,38,39)(H3,29,32,33,34). The van der Waals surface area contributed by atoms with Crippen molar-refractivity contribution in [1.82, 2.24) is 25.5 Å². The Morgan fingerprint density at radius 1 is 1.00 bits per heavy atom. The first-order valence-corrected chi connectivity index (χ1v) is 17.4. The lowest BCUT2D eigenvalue weighted by atomic mass is 9.82. The van der Waals surface area contributed by atoms with E-state index in [-0.39, 0.29) is 12.2 Å². The van der Waals surface area contributed by atoms with Crippen molar-refractivity contribution >= 4 is 25.2 Å². The minimum atomic E-state index is -3.99. The number of nitrogens with zero attached hydrogens (tertiary/aromatic N) is 4. The Morgan fingerprint density at radius 3 is 2.42 bits per heavy atom. The molecule has 12 heteroatoms. The van der Waals surface area contributed by atoms with E-state index in [9.17, 15) is 14.4 Å². The first-order chi connectivity index (χ1) is 19.2. The van der Waals surface area contributed by atoms with Gasteiger partial charge in [0, 0.05) is 50.9 Å². The van der Waals surface area contributed by atoms with Crippen LogP contribution in [0, 0.1) is 11.8 Å². The molecule has 2 aliphatic carbocycles. The highest BCUT2D eigenvalue weighted by atomic mass is 31.2. The van der Waals surface area contributed by atoms with Crippen molar-refractivity contribution in [2.45, 2.75) is 83.2 Å². The van der Waals surface area contributed by atoms with E-state index in [1.54, 1.807) is 0 Å². The average molecular weight is 581 g/mol. The van der Waals surface area contributed by atoms with Gasteiger partial charge in [0.1, 0.15) is 11.6 Å². The summed E-state index contributed by atoms with van der Waals surface area (Å²) in [6, 6.07) is 2.74. The minimum absolute atomic E-state index is 0.109. The number of hydrogen-bond donors (Lipinski definition) is 6. The van der Waals surface area contributed by atoms with E-state index in [4.69, 9.17) is 10.7 Å². The second-order valence-corrected chi connectivity index (χ2v) is 14.1. The molecule has 0 bridgehead atoms. The lowest BCUT2D eigenvalue weighted by Crippen LogP contribution is -2.52. The average Bonchev–Trinajstić information content (AvgIpc) is 2.93. The molecular weight excluding hydrogens is 527 g/mol. The van der Waals surface area contributed by atoms with Gasteiger partial charge in [-0.15, -0.1) is 0 Å². The SMILES string of the molecule is CC1CN(c2cc(N)nc(NCC3CCC(CNCCCNC4CCCCC4)CC3)n2)CCN1CCP(=O)(O)O. The molecule has 40 heavy (non-hydrogen) atoms. The molecule has 1 unspecified atom stereocenters. The number of aromatic nitrogens is 2. The summed E-state index contributed by atoms with van der Waals surface area (Å²) >= 11 is 0. The molecule has 3 fully saturated rings. The highest BCUT2D eigenvalue weighted by Crippen LogP contribution is 2.34. The molecule has 1 atom stereocenters. The van der Waals surface area contributed by atoms with E-state index in [0.29, 0.717) is 24.2 Å². The zero-order valence-corrected chi connectivity index (χ0v) is 25.3. The van der Waals surface area contributed by atoms with Crippen LogP contribution < -0.4 is 26.6 Å². The lowest BCUT2D eigenvalue weighted by molar-refractivity contribution is 0.196. The molecule has 1 aromatic heterocycles. The van der Waals surface area contributed by atoms with Gasteiger partial charge in [-0.3, -0.25) is 9.46 Å². The van der Waals surface area contributed by atoms with Crippen LogP contribution in [-0.2, 0) is 4.57 Å². The molecule has 4 rings (SSSR count). The van der Waals surface area contributed by atoms with E-state index in [1.165, 1.54) is 64.2 Å². The van der Waals surface area contributed by atoms with Crippen molar-refractivity contribution in [3.05, 3.63) is 6.07 Å². The first-order valence-electron chi connectivity index (χ1n) is 15.6. The van der Waals surface area contributed by atoms with Crippen LogP contribution in [0.3, 0.4) is 0 Å². The van der Waals surface area contributed by atoms with Crippen molar-refractivity contribution in [1.29, 1.82) is 0 Å². The number of nitrogens with one attached hydrogen (secondary N) is 3. The monoisotopic (exact) mass is 580 g/mol. The smallest absolute Gasteiger partial charge is 0.326 e. The summed E-state index contributed by atoms with van der Waals surface area (Å²) < 4.78 is 11.3. The normalized spacial score (nSPS) is 25.3. The van der Waals surface area contributed by atoms with Gasteiger partial charge in [-0.05, 0) is 83.3 Å².